The van der Waals surface area contributed by atoms with Gasteiger partial charge in [-0.2, -0.15) is 0 Å². The fourth-order valence-electron chi connectivity index (χ4n) is 2.66. The molecule has 0 aliphatic carbocycles. The van der Waals surface area contributed by atoms with Crippen LogP contribution in [0, 0.1) is 0 Å². The van der Waals surface area contributed by atoms with Crippen molar-refractivity contribution in [1.82, 2.24) is 0 Å². The van der Waals surface area contributed by atoms with Crippen LogP contribution >= 0.6 is 22.7 Å². The van der Waals surface area contributed by atoms with E-state index >= 15 is 0 Å². The lowest BCUT2D eigenvalue weighted by atomic mass is 10.0. The van der Waals surface area contributed by atoms with Gasteiger partial charge in [0.05, 0.1) is 0 Å². The van der Waals surface area contributed by atoms with Crippen LogP contribution in [0.1, 0.15) is 81.4 Å². The van der Waals surface area contributed by atoms with Crippen LogP contribution in [0.3, 0.4) is 0 Å². The number of fused-ring (bicyclic) bond motifs is 1. The zero-order chi connectivity index (χ0) is 14.4. The molecule has 1 atom stereocenters. The summed E-state index contributed by atoms with van der Waals surface area (Å²) < 4.78 is 3.05. The van der Waals surface area contributed by atoms with Gasteiger partial charge in [-0.1, -0.05) is 52.9 Å². The Balaban J connectivity index is 1.94. The highest BCUT2D eigenvalue weighted by molar-refractivity contribution is 7.27. The summed E-state index contributed by atoms with van der Waals surface area (Å²) in [4.78, 5) is 3.19. The van der Waals surface area contributed by atoms with E-state index in [1.807, 2.05) is 22.7 Å². The maximum atomic E-state index is 2.46. The number of hydrogen-bond acceptors (Lipinski definition) is 2. The maximum Gasteiger partial charge on any atom is 0.0456 e. The highest BCUT2D eigenvalue weighted by atomic mass is 32.1. The van der Waals surface area contributed by atoms with Gasteiger partial charge in [0.1, 0.15) is 0 Å². The summed E-state index contributed by atoms with van der Waals surface area (Å²) >= 11 is 4.06. The Morgan fingerprint density at radius 1 is 0.900 bits per heavy atom. The van der Waals surface area contributed by atoms with E-state index in [0.29, 0.717) is 0 Å². The van der Waals surface area contributed by atoms with Crippen LogP contribution in [0.25, 0.3) is 9.40 Å². The summed E-state index contributed by atoms with van der Waals surface area (Å²) in [5.41, 5.74) is 0. The van der Waals surface area contributed by atoms with E-state index in [4.69, 9.17) is 0 Å². The minimum Gasteiger partial charge on any atom is -0.139 e. The minimum atomic E-state index is 0.745. The molecule has 20 heavy (non-hydrogen) atoms. The van der Waals surface area contributed by atoms with E-state index in [9.17, 15) is 0 Å². The van der Waals surface area contributed by atoms with Crippen molar-refractivity contribution in [3.63, 3.8) is 0 Å². The van der Waals surface area contributed by atoms with E-state index in [1.54, 1.807) is 9.75 Å². The average molecular weight is 309 g/mol. The van der Waals surface area contributed by atoms with Crippen molar-refractivity contribution in [2.24, 2.45) is 0 Å². The summed E-state index contributed by atoms with van der Waals surface area (Å²) in [6, 6.07) is 4.91. The second-order valence-corrected chi connectivity index (χ2v) is 8.23. The molecule has 0 saturated carbocycles. The molecule has 0 bridgehead atoms. The number of thiophene rings is 2. The molecule has 2 rings (SSSR count). The van der Waals surface area contributed by atoms with Gasteiger partial charge in [0.15, 0.2) is 0 Å². The zero-order valence-corrected chi connectivity index (χ0v) is 14.8. The van der Waals surface area contributed by atoms with Gasteiger partial charge in [-0.15, -0.1) is 22.7 Å². The highest BCUT2D eigenvalue weighted by Gasteiger charge is 2.12. The summed E-state index contributed by atoms with van der Waals surface area (Å²) in [6.45, 7) is 6.96. The second-order valence-electron chi connectivity index (χ2n) is 5.94. The quantitative estimate of drug-likeness (QED) is 0.424. The first-order valence-corrected chi connectivity index (χ1v) is 9.90. The molecule has 2 heteroatoms. The first kappa shape index (κ1) is 16.0. The molecule has 0 saturated heterocycles. The standard InChI is InChI=1S/C18H28S2/c1-4-6-8-10-14(3)16-13-18-17(20-16)12-15(19-18)11-9-7-5-2/h12-14H,4-11H2,1-3H3. The molecular weight excluding hydrogens is 280 g/mol. The Kier molecular flexibility index (Phi) is 6.57. The Morgan fingerprint density at radius 2 is 1.60 bits per heavy atom. The summed E-state index contributed by atoms with van der Waals surface area (Å²) in [7, 11) is 0. The third-order valence-electron chi connectivity index (χ3n) is 4.03. The SMILES string of the molecule is CCCCCc1cc2sc(C(C)CCCCC)cc2s1. The van der Waals surface area contributed by atoms with Crippen LogP contribution in [0.4, 0.5) is 0 Å². The smallest absolute Gasteiger partial charge is 0.0456 e. The predicted molar refractivity (Wildman–Crippen MR) is 95.5 cm³/mol. The van der Waals surface area contributed by atoms with Crippen molar-refractivity contribution in [2.75, 3.05) is 0 Å². The maximum absolute atomic E-state index is 2.46. The average Bonchev–Trinajstić information content (AvgIpc) is 2.97. The molecule has 2 aromatic heterocycles. The normalized spacial score (nSPS) is 13.2. The molecule has 2 heterocycles. The molecule has 0 aliphatic rings. The Bertz CT molecular complexity index is 475. The number of aryl methyl sites for hydroxylation is 1. The van der Waals surface area contributed by atoms with Gasteiger partial charge in [-0.25, -0.2) is 0 Å². The van der Waals surface area contributed by atoms with Crippen molar-refractivity contribution in [2.45, 2.75) is 78.1 Å². The number of rotatable bonds is 9. The van der Waals surface area contributed by atoms with Gasteiger partial charge in [0, 0.05) is 19.2 Å². The number of hydrogen-bond donors (Lipinski definition) is 0. The van der Waals surface area contributed by atoms with Gasteiger partial charge in [0.2, 0.25) is 0 Å². The van der Waals surface area contributed by atoms with Gasteiger partial charge in [-0.3, -0.25) is 0 Å². The van der Waals surface area contributed by atoms with E-state index in [-0.39, 0.29) is 0 Å². The van der Waals surface area contributed by atoms with Crippen LogP contribution in [-0.4, -0.2) is 0 Å². The summed E-state index contributed by atoms with van der Waals surface area (Å²) in [5.74, 6) is 0.745. The van der Waals surface area contributed by atoms with Crippen molar-refractivity contribution in [3.8, 4) is 0 Å². The Hall–Kier alpha value is -0.340. The lowest BCUT2D eigenvalue weighted by Crippen LogP contribution is -1.89. The largest absolute Gasteiger partial charge is 0.139 e. The van der Waals surface area contributed by atoms with Crippen LogP contribution in [0.2, 0.25) is 0 Å². The Labute approximate surface area is 132 Å². The minimum absolute atomic E-state index is 0.745. The molecule has 0 nitrogen and oxygen atoms in total. The van der Waals surface area contributed by atoms with Crippen LogP contribution < -0.4 is 0 Å². The monoisotopic (exact) mass is 308 g/mol. The zero-order valence-electron chi connectivity index (χ0n) is 13.2. The van der Waals surface area contributed by atoms with Gasteiger partial charge >= 0.3 is 0 Å². The third-order valence-corrected chi connectivity index (χ3v) is 6.61. The third kappa shape index (κ3) is 4.33. The first-order chi connectivity index (χ1) is 9.74. The van der Waals surface area contributed by atoms with E-state index in [1.165, 1.54) is 60.8 Å². The van der Waals surface area contributed by atoms with Crippen LogP contribution in [0.15, 0.2) is 12.1 Å². The molecule has 2 aromatic rings. The van der Waals surface area contributed by atoms with Gasteiger partial charge in [0.25, 0.3) is 0 Å². The fourth-order valence-corrected chi connectivity index (χ4v) is 5.22. The van der Waals surface area contributed by atoms with Crippen molar-refractivity contribution >= 4 is 32.1 Å². The van der Waals surface area contributed by atoms with Crippen LogP contribution in [0.5, 0.6) is 0 Å². The lowest BCUT2D eigenvalue weighted by molar-refractivity contribution is 0.604. The van der Waals surface area contributed by atoms with Crippen molar-refractivity contribution in [3.05, 3.63) is 21.9 Å². The topological polar surface area (TPSA) is 0 Å². The molecule has 0 N–H and O–H groups in total. The van der Waals surface area contributed by atoms with Gasteiger partial charge < -0.3 is 0 Å². The van der Waals surface area contributed by atoms with E-state index in [2.05, 4.69) is 32.9 Å². The number of unbranched alkanes of at least 4 members (excludes halogenated alkanes) is 4. The molecule has 1 unspecified atom stereocenters. The van der Waals surface area contributed by atoms with E-state index in [0.717, 1.165) is 5.92 Å². The van der Waals surface area contributed by atoms with E-state index < -0.39 is 0 Å². The molecule has 0 aromatic carbocycles. The van der Waals surface area contributed by atoms with Crippen LogP contribution in [-0.2, 0) is 6.42 Å². The molecule has 112 valence electrons. The molecule has 0 aliphatic heterocycles. The Morgan fingerprint density at radius 3 is 2.30 bits per heavy atom. The molecule has 0 amide bonds. The first-order valence-electron chi connectivity index (χ1n) is 8.26. The second kappa shape index (κ2) is 8.19. The molecule has 0 radical (unpaired) electrons. The fraction of sp³-hybridized carbons (Fsp3) is 0.667. The summed E-state index contributed by atoms with van der Waals surface area (Å²) in [6.07, 6.45) is 10.8. The lowest BCUT2D eigenvalue weighted by Gasteiger charge is -2.07. The van der Waals surface area contributed by atoms with Crippen molar-refractivity contribution in [1.29, 1.82) is 0 Å². The van der Waals surface area contributed by atoms with Crippen molar-refractivity contribution < 1.29 is 0 Å². The summed E-state index contributed by atoms with van der Waals surface area (Å²) in [5, 5.41) is 0. The molecule has 0 fully saturated rings. The highest BCUT2D eigenvalue weighted by Crippen LogP contribution is 2.38. The molecular formula is C18H28S2. The predicted octanol–water partition coefficient (Wildman–Crippen LogP) is 7.38. The molecule has 0 spiro atoms. The van der Waals surface area contributed by atoms with Gasteiger partial charge in [-0.05, 0) is 37.3 Å².